The normalized spacial score (nSPS) is 16.8. The second-order valence-electron chi connectivity index (χ2n) is 6.61. The van der Waals surface area contributed by atoms with Crippen molar-refractivity contribution in [1.29, 1.82) is 0 Å². The topological polar surface area (TPSA) is 193 Å². The molecule has 2 amide bonds. The zero-order chi connectivity index (χ0) is 24.2. The maximum absolute atomic E-state index is 13.1. The lowest BCUT2D eigenvalue weighted by molar-refractivity contribution is -0.219. The van der Waals surface area contributed by atoms with E-state index < -0.39 is 70.9 Å². The first kappa shape index (κ1) is 27.2. The number of hydrogen-bond acceptors (Lipinski definition) is 11. The predicted molar refractivity (Wildman–Crippen MR) is 96.6 cm³/mol. The number of carbonyl (C=O) groups is 7. The van der Waals surface area contributed by atoms with Crippen LogP contribution in [0.25, 0.3) is 0 Å². The highest BCUT2D eigenvalue weighted by molar-refractivity contribution is 6.47. The molecule has 0 radical (unpaired) electrons. The summed E-state index contributed by atoms with van der Waals surface area (Å²) in [6, 6.07) is 0. The second kappa shape index (κ2) is 9.78. The minimum Gasteiger partial charge on any atom is -0.445 e. The number of ketones is 4. The average Bonchev–Trinajstić information content (AvgIpc) is 2.60. The summed E-state index contributed by atoms with van der Waals surface area (Å²) in [7, 11) is 0. The highest BCUT2D eigenvalue weighted by atomic mass is 16.6. The fourth-order valence-corrected chi connectivity index (χ4v) is 3.44. The average molecular weight is 431 g/mol. The molecule has 0 saturated heterocycles. The molecule has 168 valence electrons. The van der Waals surface area contributed by atoms with E-state index in [1.54, 1.807) is 0 Å². The van der Waals surface area contributed by atoms with Crippen molar-refractivity contribution in [1.82, 2.24) is 4.90 Å². The van der Waals surface area contributed by atoms with Gasteiger partial charge in [0.15, 0.2) is 17.3 Å². The van der Waals surface area contributed by atoms with Crippen molar-refractivity contribution >= 4 is 40.9 Å². The molecule has 0 aliphatic heterocycles. The Morgan fingerprint density at radius 3 is 1.50 bits per heavy atom. The summed E-state index contributed by atoms with van der Waals surface area (Å²) < 4.78 is 4.91. The Hall–Kier alpha value is -2.83. The molecule has 0 bridgehead atoms. The first-order chi connectivity index (χ1) is 13.6. The smallest absolute Gasteiger partial charge is 0.303 e. The molecule has 0 aromatic heterocycles. The van der Waals surface area contributed by atoms with Gasteiger partial charge in [0.05, 0.1) is 6.61 Å². The van der Waals surface area contributed by atoms with Gasteiger partial charge in [0.1, 0.15) is 12.2 Å². The van der Waals surface area contributed by atoms with Crippen LogP contribution in [0.4, 0.5) is 0 Å². The van der Waals surface area contributed by atoms with Crippen molar-refractivity contribution in [2.24, 2.45) is 0 Å². The van der Waals surface area contributed by atoms with Gasteiger partial charge in [-0.1, -0.05) is 0 Å². The van der Waals surface area contributed by atoms with E-state index in [0.717, 1.165) is 13.8 Å². The second-order valence-corrected chi connectivity index (χ2v) is 6.61. The minimum atomic E-state index is -3.50. The lowest BCUT2D eigenvalue weighted by atomic mass is 9.65. The minimum absolute atomic E-state index is 0.0727. The first-order valence-electron chi connectivity index (χ1n) is 8.62. The highest BCUT2D eigenvalue weighted by Gasteiger charge is 2.74. The Morgan fingerprint density at radius 1 is 0.833 bits per heavy atom. The monoisotopic (exact) mass is 431 g/mol. The van der Waals surface area contributed by atoms with Crippen LogP contribution in [0.5, 0.6) is 0 Å². The number of imide groups is 1. The molecular formula is C18H25NO11. The van der Waals surface area contributed by atoms with Crippen LogP contribution in [0.15, 0.2) is 0 Å². The molecule has 30 heavy (non-hydrogen) atoms. The third-order valence-electron chi connectivity index (χ3n) is 4.46. The molecule has 12 heteroatoms. The van der Waals surface area contributed by atoms with Crippen LogP contribution < -0.4 is 0 Å². The van der Waals surface area contributed by atoms with Crippen molar-refractivity contribution in [2.45, 2.75) is 64.9 Å². The Morgan fingerprint density at radius 2 is 1.27 bits per heavy atom. The molecule has 12 nitrogen and oxygen atoms in total. The summed E-state index contributed by atoms with van der Waals surface area (Å²) in [5.74, 6) is -10.2. The van der Waals surface area contributed by atoms with E-state index in [0.29, 0.717) is 27.7 Å². The van der Waals surface area contributed by atoms with Crippen LogP contribution in [-0.4, -0.2) is 91.1 Å². The first-order valence-corrected chi connectivity index (χ1v) is 8.62. The lowest BCUT2D eigenvalue weighted by Gasteiger charge is -2.51. The molecule has 0 aliphatic rings. The number of ether oxygens (including phenoxy) is 1. The summed E-state index contributed by atoms with van der Waals surface area (Å²) in [6.07, 6.45) is -5.01. The molecule has 0 aliphatic carbocycles. The fraction of sp³-hybridized carbons (Fsp3) is 0.611. The molecule has 0 aromatic rings. The number of aliphatic hydroxyl groups excluding tert-OH is 3. The third-order valence-corrected chi connectivity index (χ3v) is 4.46. The zero-order valence-electron chi connectivity index (χ0n) is 17.4. The number of esters is 1. The van der Waals surface area contributed by atoms with Crippen molar-refractivity contribution in [3.05, 3.63) is 0 Å². The summed E-state index contributed by atoms with van der Waals surface area (Å²) in [5.41, 5.74) is -6.95. The fourth-order valence-electron chi connectivity index (χ4n) is 3.44. The van der Waals surface area contributed by atoms with E-state index in [-0.39, 0.29) is 4.90 Å². The van der Waals surface area contributed by atoms with Crippen molar-refractivity contribution in [3.63, 3.8) is 0 Å². The quantitative estimate of drug-likeness (QED) is 0.188. The van der Waals surface area contributed by atoms with Gasteiger partial charge in [0.25, 0.3) is 0 Å². The van der Waals surface area contributed by atoms with Crippen molar-refractivity contribution in [2.75, 3.05) is 6.61 Å². The van der Waals surface area contributed by atoms with E-state index in [9.17, 15) is 48.9 Å². The highest BCUT2D eigenvalue weighted by Crippen LogP contribution is 2.40. The van der Waals surface area contributed by atoms with Gasteiger partial charge >= 0.3 is 5.97 Å². The molecule has 0 rings (SSSR count). The molecule has 0 saturated carbocycles. The molecule has 0 aromatic carbocycles. The van der Waals surface area contributed by atoms with Crippen molar-refractivity contribution < 1.29 is 53.6 Å². The molecule has 0 unspecified atom stereocenters. The number of aliphatic hydroxyl groups is 3. The van der Waals surface area contributed by atoms with Gasteiger partial charge in [0, 0.05) is 27.7 Å². The molecule has 3 N–H and O–H groups in total. The van der Waals surface area contributed by atoms with Gasteiger partial charge in [-0.05, 0) is 13.8 Å². The molecular weight excluding hydrogens is 406 g/mol. The van der Waals surface area contributed by atoms with Crippen molar-refractivity contribution in [3.8, 4) is 0 Å². The van der Waals surface area contributed by atoms with E-state index >= 15 is 0 Å². The van der Waals surface area contributed by atoms with Crippen LogP contribution >= 0.6 is 0 Å². The Balaban J connectivity index is 8.04. The molecule has 0 heterocycles. The molecule has 0 spiro atoms. The SMILES string of the molecule is CC(=O)O[C@@](C(C)=O)([C@@H](O)[C@H](O)CO)[C@](C(C)=O)(C(=O)C(C)=O)N(C(C)=O)C(C)=O. The number of carbonyl (C=O) groups excluding carboxylic acids is 7. The van der Waals surface area contributed by atoms with E-state index in [2.05, 4.69) is 0 Å². The number of nitrogens with zero attached hydrogens (tertiary/aromatic N) is 1. The number of amides is 2. The van der Waals surface area contributed by atoms with Gasteiger partial charge in [-0.15, -0.1) is 0 Å². The Labute approximate surface area is 171 Å². The maximum atomic E-state index is 13.1. The Kier molecular flexibility index (Phi) is 8.86. The van der Waals surface area contributed by atoms with Crippen LogP contribution in [0.3, 0.4) is 0 Å². The standard InChI is InChI=1S/C18H25NO11/c1-8(21)15(28)17(9(2)22,19(11(4)24)12(5)25)18(10(3)23,30-13(6)26)16(29)14(27)7-20/h14,16,20,27,29H,7H2,1-6H3/t14-,16+,17+,18+/m1/s1. The van der Waals surface area contributed by atoms with E-state index in [1.807, 2.05) is 0 Å². The Bertz CT molecular complexity index is 775. The molecule has 0 fully saturated rings. The van der Waals surface area contributed by atoms with E-state index in [4.69, 9.17) is 4.74 Å². The summed E-state index contributed by atoms with van der Waals surface area (Å²) in [4.78, 5) is 87.3. The number of hydrogen-bond donors (Lipinski definition) is 3. The van der Waals surface area contributed by atoms with Gasteiger partial charge in [0.2, 0.25) is 28.7 Å². The predicted octanol–water partition coefficient (Wildman–Crippen LogP) is -2.53. The van der Waals surface area contributed by atoms with E-state index in [1.165, 1.54) is 0 Å². The van der Waals surface area contributed by atoms with Gasteiger partial charge in [-0.3, -0.25) is 38.5 Å². The van der Waals surface area contributed by atoms with Crippen LogP contribution in [0, 0.1) is 0 Å². The van der Waals surface area contributed by atoms with Gasteiger partial charge in [-0.2, -0.15) is 0 Å². The maximum Gasteiger partial charge on any atom is 0.303 e. The number of rotatable bonds is 10. The third kappa shape index (κ3) is 4.20. The summed E-state index contributed by atoms with van der Waals surface area (Å²) in [6.45, 7) is 2.83. The largest absolute Gasteiger partial charge is 0.445 e. The number of Topliss-reactive ketones (excluding diaryl/α,β-unsaturated/α-hetero) is 4. The van der Waals surface area contributed by atoms with Crippen LogP contribution in [-0.2, 0) is 38.3 Å². The van der Waals surface area contributed by atoms with Gasteiger partial charge < -0.3 is 20.1 Å². The molecule has 4 atom stereocenters. The summed E-state index contributed by atoms with van der Waals surface area (Å²) >= 11 is 0. The zero-order valence-corrected chi connectivity index (χ0v) is 17.4. The summed E-state index contributed by atoms with van der Waals surface area (Å²) in [5, 5.41) is 30.0. The lowest BCUT2D eigenvalue weighted by Crippen LogP contribution is -2.82. The van der Waals surface area contributed by atoms with Crippen LogP contribution in [0.2, 0.25) is 0 Å². The van der Waals surface area contributed by atoms with Gasteiger partial charge in [-0.25, -0.2) is 0 Å². The van der Waals surface area contributed by atoms with Crippen LogP contribution in [0.1, 0.15) is 41.5 Å².